The predicted octanol–water partition coefficient (Wildman–Crippen LogP) is 5.42. The van der Waals surface area contributed by atoms with Crippen LogP contribution in [0.15, 0.2) is 46.4 Å². The largest absolute Gasteiger partial charge is 0.372 e. The van der Waals surface area contributed by atoms with Crippen molar-refractivity contribution < 1.29 is 9.53 Å². The molecule has 2 aliphatic rings. The van der Waals surface area contributed by atoms with Crippen LogP contribution in [0, 0.1) is 5.41 Å². The van der Waals surface area contributed by atoms with E-state index in [0.29, 0.717) is 12.2 Å². The molecule has 3 rings (SSSR count). The van der Waals surface area contributed by atoms with Gasteiger partial charge in [-0.15, -0.1) is 11.8 Å². The second kappa shape index (κ2) is 6.68. The van der Waals surface area contributed by atoms with Crippen LogP contribution < -0.4 is 0 Å². The van der Waals surface area contributed by atoms with Gasteiger partial charge in [0, 0.05) is 28.1 Å². The highest BCUT2D eigenvalue weighted by Crippen LogP contribution is 2.53. The van der Waals surface area contributed by atoms with Crippen LogP contribution >= 0.6 is 11.8 Å². The minimum Gasteiger partial charge on any atom is -0.372 e. The molecule has 1 aromatic carbocycles. The third-order valence-corrected chi connectivity index (χ3v) is 6.29. The van der Waals surface area contributed by atoms with Crippen LogP contribution in [-0.4, -0.2) is 23.2 Å². The van der Waals surface area contributed by atoms with Crippen LogP contribution in [0.3, 0.4) is 0 Å². The lowest BCUT2D eigenvalue weighted by Gasteiger charge is -2.40. The molecule has 0 spiro atoms. The second-order valence-electron chi connectivity index (χ2n) is 8.16. The average molecular weight is 345 g/mol. The van der Waals surface area contributed by atoms with Crippen LogP contribution in [0.25, 0.3) is 0 Å². The number of rotatable bonds is 4. The minimum absolute atomic E-state index is 0.0355. The maximum absolute atomic E-state index is 12.6. The van der Waals surface area contributed by atoms with E-state index in [9.17, 15) is 4.79 Å². The summed E-state index contributed by atoms with van der Waals surface area (Å²) >= 11 is 1.77. The monoisotopic (exact) mass is 344 g/mol. The Hall–Kier alpha value is -1.06. The molecule has 1 aromatic rings. The zero-order valence-corrected chi connectivity index (χ0v) is 16.0. The van der Waals surface area contributed by atoms with Gasteiger partial charge in [0.25, 0.3) is 0 Å². The number of ether oxygens (including phenoxy) is 1. The van der Waals surface area contributed by atoms with Crippen molar-refractivity contribution >= 4 is 17.5 Å². The molecule has 0 radical (unpaired) electrons. The normalized spacial score (nSPS) is 27.5. The summed E-state index contributed by atoms with van der Waals surface area (Å²) in [4.78, 5) is 13.8. The SMILES string of the molecule is CC(C)(C)O[C@H]1CCC2=C(CSc3ccccc3)C(=O)CC[C@@]21C. The molecule has 130 valence electrons. The Morgan fingerprint density at radius 3 is 2.58 bits per heavy atom. The maximum Gasteiger partial charge on any atom is 0.159 e. The fourth-order valence-corrected chi connectivity index (χ4v) is 5.03. The molecule has 2 nitrogen and oxygen atoms in total. The standard InChI is InChI=1S/C21H28O2S/c1-20(2,3)23-19-11-10-17-16(18(22)12-13-21(17,19)4)14-24-15-8-6-5-7-9-15/h5-9,19H,10-14H2,1-4H3/t19-,21-/m0/s1. The van der Waals surface area contributed by atoms with Crippen molar-refractivity contribution in [2.45, 2.75) is 70.0 Å². The van der Waals surface area contributed by atoms with Gasteiger partial charge in [-0.05, 0) is 52.2 Å². The van der Waals surface area contributed by atoms with E-state index < -0.39 is 0 Å². The number of Topliss-reactive ketones (excluding diaryl/α,β-unsaturated/α-hetero) is 1. The van der Waals surface area contributed by atoms with E-state index in [4.69, 9.17) is 4.74 Å². The first-order valence-corrected chi connectivity index (χ1v) is 9.89. The molecule has 2 aliphatic carbocycles. The Bertz CT molecular complexity index is 642. The summed E-state index contributed by atoms with van der Waals surface area (Å²) in [6, 6.07) is 10.4. The Kier molecular flexibility index (Phi) is 4.94. The van der Waals surface area contributed by atoms with Crippen molar-refractivity contribution in [1.29, 1.82) is 0 Å². The van der Waals surface area contributed by atoms with Crippen LogP contribution in [0.5, 0.6) is 0 Å². The van der Waals surface area contributed by atoms with E-state index in [2.05, 4.69) is 52.0 Å². The van der Waals surface area contributed by atoms with E-state index >= 15 is 0 Å². The van der Waals surface area contributed by atoms with Crippen molar-refractivity contribution in [2.24, 2.45) is 5.41 Å². The lowest BCUT2D eigenvalue weighted by Crippen LogP contribution is -2.39. The summed E-state index contributed by atoms with van der Waals surface area (Å²) in [6.07, 6.45) is 3.87. The number of thioether (sulfide) groups is 1. The van der Waals surface area contributed by atoms with Gasteiger partial charge in [0.2, 0.25) is 0 Å². The van der Waals surface area contributed by atoms with E-state index in [1.54, 1.807) is 11.8 Å². The number of hydrogen-bond donors (Lipinski definition) is 0. The average Bonchev–Trinajstić information content (AvgIpc) is 2.83. The highest BCUT2D eigenvalue weighted by atomic mass is 32.2. The number of carbonyl (C=O) groups excluding carboxylic acids is 1. The van der Waals surface area contributed by atoms with E-state index in [1.165, 1.54) is 10.5 Å². The molecule has 0 aliphatic heterocycles. The quantitative estimate of drug-likeness (QED) is 0.682. The number of carbonyl (C=O) groups is 1. The highest BCUT2D eigenvalue weighted by molar-refractivity contribution is 7.99. The lowest BCUT2D eigenvalue weighted by atomic mass is 9.71. The van der Waals surface area contributed by atoms with Gasteiger partial charge in [-0.3, -0.25) is 4.79 Å². The third-order valence-electron chi connectivity index (χ3n) is 5.25. The first-order chi connectivity index (χ1) is 11.3. The molecule has 24 heavy (non-hydrogen) atoms. The summed E-state index contributed by atoms with van der Waals surface area (Å²) in [5.41, 5.74) is 2.34. The zero-order chi connectivity index (χ0) is 17.4. The number of benzene rings is 1. The second-order valence-corrected chi connectivity index (χ2v) is 9.21. The lowest BCUT2D eigenvalue weighted by molar-refractivity contribution is -0.120. The molecule has 2 atom stereocenters. The summed E-state index contributed by atoms with van der Waals surface area (Å²) in [5, 5.41) is 0. The Morgan fingerprint density at radius 2 is 1.92 bits per heavy atom. The van der Waals surface area contributed by atoms with E-state index in [1.807, 2.05) is 6.07 Å². The Balaban J connectivity index is 1.83. The van der Waals surface area contributed by atoms with Gasteiger partial charge in [0.1, 0.15) is 0 Å². The van der Waals surface area contributed by atoms with Gasteiger partial charge >= 0.3 is 0 Å². The van der Waals surface area contributed by atoms with Crippen molar-refractivity contribution in [3.05, 3.63) is 41.5 Å². The van der Waals surface area contributed by atoms with Crippen LogP contribution in [-0.2, 0) is 9.53 Å². The molecule has 3 heteroatoms. The molecule has 0 aromatic heterocycles. The highest BCUT2D eigenvalue weighted by Gasteiger charge is 2.48. The summed E-state index contributed by atoms with van der Waals surface area (Å²) in [7, 11) is 0. The predicted molar refractivity (Wildman–Crippen MR) is 100 cm³/mol. The first-order valence-electron chi connectivity index (χ1n) is 8.91. The molecular weight excluding hydrogens is 316 g/mol. The molecule has 0 amide bonds. The molecule has 0 saturated heterocycles. The number of ketones is 1. The summed E-state index contributed by atoms with van der Waals surface area (Å²) < 4.78 is 6.37. The zero-order valence-electron chi connectivity index (χ0n) is 15.2. The van der Waals surface area contributed by atoms with Gasteiger partial charge in [0.15, 0.2) is 5.78 Å². The molecule has 0 heterocycles. The topological polar surface area (TPSA) is 26.3 Å². The summed E-state index contributed by atoms with van der Waals surface area (Å²) in [6.45, 7) is 8.68. The van der Waals surface area contributed by atoms with E-state index in [0.717, 1.165) is 30.6 Å². The van der Waals surface area contributed by atoms with E-state index in [-0.39, 0.29) is 17.1 Å². The molecule has 0 N–H and O–H groups in total. The van der Waals surface area contributed by atoms with Crippen molar-refractivity contribution in [3.63, 3.8) is 0 Å². The fourth-order valence-electron chi connectivity index (χ4n) is 4.03. The number of fused-ring (bicyclic) bond motifs is 1. The van der Waals surface area contributed by atoms with Gasteiger partial charge in [-0.1, -0.05) is 30.7 Å². The smallest absolute Gasteiger partial charge is 0.159 e. The molecule has 1 saturated carbocycles. The molecule has 0 bridgehead atoms. The molecule has 0 unspecified atom stereocenters. The minimum atomic E-state index is -0.135. The molecule has 1 fully saturated rings. The Labute approximate surface area is 150 Å². The van der Waals surface area contributed by atoms with Crippen molar-refractivity contribution in [3.8, 4) is 0 Å². The van der Waals surface area contributed by atoms with Crippen LogP contribution in [0.4, 0.5) is 0 Å². The number of hydrogen-bond acceptors (Lipinski definition) is 3. The van der Waals surface area contributed by atoms with Gasteiger partial charge in [0.05, 0.1) is 11.7 Å². The van der Waals surface area contributed by atoms with Crippen LogP contribution in [0.1, 0.15) is 53.4 Å². The summed E-state index contributed by atoms with van der Waals surface area (Å²) in [5.74, 6) is 1.14. The Morgan fingerprint density at radius 1 is 1.21 bits per heavy atom. The third kappa shape index (κ3) is 3.62. The van der Waals surface area contributed by atoms with Gasteiger partial charge in [-0.2, -0.15) is 0 Å². The van der Waals surface area contributed by atoms with Crippen LogP contribution in [0.2, 0.25) is 0 Å². The van der Waals surface area contributed by atoms with Crippen molar-refractivity contribution in [1.82, 2.24) is 0 Å². The van der Waals surface area contributed by atoms with Gasteiger partial charge < -0.3 is 4.74 Å². The fraction of sp³-hybridized carbons (Fsp3) is 0.571. The molecular formula is C21H28O2S. The first kappa shape index (κ1) is 17.8. The van der Waals surface area contributed by atoms with Gasteiger partial charge in [-0.25, -0.2) is 0 Å². The maximum atomic E-state index is 12.6. The van der Waals surface area contributed by atoms with Crippen molar-refractivity contribution in [2.75, 3.05) is 5.75 Å².